The van der Waals surface area contributed by atoms with Crippen LogP contribution in [0.25, 0.3) is 10.8 Å². The van der Waals surface area contributed by atoms with Gasteiger partial charge in [-0.05, 0) is 124 Å². The highest BCUT2D eigenvalue weighted by Crippen LogP contribution is 2.40. The molecule has 0 aromatic heterocycles. The summed E-state index contributed by atoms with van der Waals surface area (Å²) in [6.45, 7) is 10.8. The molecule has 6 aromatic carbocycles. The number of nitrogens with zero attached hydrogens (tertiary/aromatic N) is 2. The molecule has 0 atom stereocenters. The molecule has 0 bridgehead atoms. The average Bonchev–Trinajstić information content (AvgIpc) is 3.15. The van der Waals surface area contributed by atoms with Crippen molar-refractivity contribution in [2.24, 2.45) is 0 Å². The van der Waals surface area contributed by atoms with Crippen LogP contribution in [0.15, 0.2) is 146 Å². The van der Waals surface area contributed by atoms with Gasteiger partial charge < -0.3 is 15.1 Å². The van der Waals surface area contributed by atoms with Crippen molar-refractivity contribution in [2.75, 3.05) is 28.2 Å². The molecule has 0 heterocycles. The number of benzene rings is 6. The molecule has 0 fully saturated rings. The molecule has 49 heavy (non-hydrogen) atoms. The molecule has 0 unspecified atom stereocenters. The normalized spacial score (nSPS) is 11.1. The van der Waals surface area contributed by atoms with Crippen molar-refractivity contribution in [3.05, 3.63) is 168 Å². The standard InChI is InChI=1S/C46H50N3/c1-5-17-37(18-6-2)47-45-34-33-44(42-23-15-16-24-43(42)45)46(35-25-29-40(30-26-35)48(7-3)38-19-11-9-12-20-38)36-27-31-41(32-28-36)49(8-4)39-21-13-10-14-22-39/h9-16,19-34,37,47H,5-8,17-18H2,1-4H3/q+1. The molecule has 0 aliphatic rings. The Hall–Kier alpha value is -5.15. The molecule has 0 aliphatic heterocycles. The fraction of sp³-hybridized carbons (Fsp3) is 0.239. The minimum absolute atomic E-state index is 0.477. The predicted molar refractivity (Wildman–Crippen MR) is 213 cm³/mol. The van der Waals surface area contributed by atoms with Crippen molar-refractivity contribution in [1.29, 1.82) is 0 Å². The zero-order chi connectivity index (χ0) is 34.0. The van der Waals surface area contributed by atoms with Crippen LogP contribution in [0.3, 0.4) is 0 Å². The van der Waals surface area contributed by atoms with Gasteiger partial charge >= 0.3 is 0 Å². The van der Waals surface area contributed by atoms with Crippen molar-refractivity contribution in [2.45, 2.75) is 59.4 Å². The number of hydrogen-bond acceptors (Lipinski definition) is 3. The van der Waals surface area contributed by atoms with Gasteiger partial charge in [-0.1, -0.05) is 75.2 Å². The zero-order valence-electron chi connectivity index (χ0n) is 29.6. The molecule has 3 heteroatoms. The third kappa shape index (κ3) is 7.62. The fourth-order valence-electron chi connectivity index (χ4n) is 7.19. The third-order valence-electron chi connectivity index (χ3n) is 9.53. The Labute approximate surface area is 294 Å². The number of para-hydroxylation sites is 2. The smallest absolute Gasteiger partial charge is 0.0638 e. The molecule has 1 N–H and O–H groups in total. The summed E-state index contributed by atoms with van der Waals surface area (Å²) in [4.78, 5) is 4.72. The van der Waals surface area contributed by atoms with Gasteiger partial charge in [0.15, 0.2) is 0 Å². The van der Waals surface area contributed by atoms with E-state index in [4.69, 9.17) is 0 Å². The Balaban J connectivity index is 1.44. The molecular formula is C46H50N3+. The van der Waals surface area contributed by atoms with E-state index in [9.17, 15) is 0 Å². The zero-order valence-corrected chi connectivity index (χ0v) is 29.6. The van der Waals surface area contributed by atoms with Crippen LogP contribution >= 0.6 is 0 Å². The second-order valence-corrected chi connectivity index (χ2v) is 12.8. The lowest BCUT2D eigenvalue weighted by atomic mass is 9.82. The number of anilines is 5. The van der Waals surface area contributed by atoms with E-state index in [-0.39, 0.29) is 0 Å². The van der Waals surface area contributed by atoms with Crippen LogP contribution in [0.4, 0.5) is 28.4 Å². The van der Waals surface area contributed by atoms with Crippen LogP contribution in [0.1, 0.15) is 70.1 Å². The van der Waals surface area contributed by atoms with Gasteiger partial charge in [0, 0.05) is 41.3 Å². The topological polar surface area (TPSA) is 18.5 Å². The first-order chi connectivity index (χ1) is 24.1. The van der Waals surface area contributed by atoms with Crippen LogP contribution in [0.2, 0.25) is 0 Å². The Bertz CT molecular complexity index is 1780. The lowest BCUT2D eigenvalue weighted by molar-refractivity contribution is 0.587. The lowest BCUT2D eigenvalue weighted by Gasteiger charge is -2.25. The summed E-state index contributed by atoms with van der Waals surface area (Å²) in [5.74, 6) is 1.24. The monoisotopic (exact) mass is 644 g/mol. The summed E-state index contributed by atoms with van der Waals surface area (Å²) >= 11 is 0. The van der Waals surface area contributed by atoms with Crippen LogP contribution in [0.5, 0.6) is 0 Å². The maximum atomic E-state index is 3.93. The largest absolute Gasteiger partial charge is 0.381 e. The van der Waals surface area contributed by atoms with E-state index in [2.05, 4.69) is 188 Å². The highest BCUT2D eigenvalue weighted by atomic mass is 15.1. The van der Waals surface area contributed by atoms with Crippen LogP contribution < -0.4 is 15.1 Å². The molecule has 0 spiro atoms. The Kier molecular flexibility index (Phi) is 11.2. The molecule has 3 nitrogen and oxygen atoms in total. The van der Waals surface area contributed by atoms with E-state index >= 15 is 0 Å². The summed E-state index contributed by atoms with van der Waals surface area (Å²) in [5.41, 5.74) is 9.67. The van der Waals surface area contributed by atoms with Gasteiger partial charge in [-0.15, -0.1) is 0 Å². The molecule has 0 aliphatic carbocycles. The van der Waals surface area contributed by atoms with Crippen LogP contribution in [-0.2, 0) is 0 Å². The predicted octanol–water partition coefficient (Wildman–Crippen LogP) is 12.6. The lowest BCUT2D eigenvalue weighted by Crippen LogP contribution is -2.19. The van der Waals surface area contributed by atoms with Crippen molar-refractivity contribution >= 4 is 39.2 Å². The maximum absolute atomic E-state index is 3.93. The van der Waals surface area contributed by atoms with Gasteiger partial charge in [0.05, 0.1) is 39.7 Å². The molecule has 0 amide bonds. The number of rotatable bonds is 15. The van der Waals surface area contributed by atoms with E-state index < -0.39 is 0 Å². The van der Waals surface area contributed by atoms with Gasteiger partial charge in [0.2, 0.25) is 0 Å². The molecule has 0 saturated heterocycles. The second-order valence-electron chi connectivity index (χ2n) is 12.8. The Morgan fingerprint density at radius 1 is 0.469 bits per heavy atom. The molecule has 6 aromatic rings. The maximum Gasteiger partial charge on any atom is 0.0638 e. The highest BCUT2D eigenvalue weighted by Gasteiger charge is 2.27. The van der Waals surface area contributed by atoms with E-state index in [0.29, 0.717) is 6.04 Å². The first kappa shape index (κ1) is 33.7. The Morgan fingerprint density at radius 2 is 0.898 bits per heavy atom. The van der Waals surface area contributed by atoms with Crippen molar-refractivity contribution in [1.82, 2.24) is 0 Å². The Morgan fingerprint density at radius 3 is 1.35 bits per heavy atom. The summed E-state index contributed by atoms with van der Waals surface area (Å²) < 4.78 is 0. The van der Waals surface area contributed by atoms with Gasteiger partial charge in [-0.2, -0.15) is 0 Å². The third-order valence-corrected chi connectivity index (χ3v) is 9.53. The quantitative estimate of drug-likeness (QED) is 0.0886. The van der Waals surface area contributed by atoms with E-state index in [0.717, 1.165) is 13.1 Å². The van der Waals surface area contributed by atoms with Crippen molar-refractivity contribution < 1.29 is 0 Å². The van der Waals surface area contributed by atoms with Gasteiger partial charge in [0.25, 0.3) is 0 Å². The first-order valence-electron chi connectivity index (χ1n) is 18.2. The minimum atomic E-state index is 0.477. The SMILES string of the molecule is CCCC(CCC)Nc1ccc([C+](c2ccc(N(CC)c3ccccc3)cc2)c2ccc(N(CC)c3ccccc3)cc2)c2ccccc12. The second kappa shape index (κ2) is 16.3. The first-order valence-corrected chi connectivity index (χ1v) is 18.2. The van der Waals surface area contributed by atoms with Gasteiger partial charge in [0.1, 0.15) is 0 Å². The molecule has 0 saturated carbocycles. The molecule has 0 radical (unpaired) electrons. The number of hydrogen-bond donors (Lipinski definition) is 1. The summed E-state index contributed by atoms with van der Waals surface area (Å²) in [6.07, 6.45) is 4.71. The fourth-order valence-corrected chi connectivity index (χ4v) is 7.19. The van der Waals surface area contributed by atoms with E-state index in [1.807, 2.05) is 0 Å². The minimum Gasteiger partial charge on any atom is -0.381 e. The molecule has 248 valence electrons. The molecule has 6 rings (SSSR count). The van der Waals surface area contributed by atoms with E-state index in [1.165, 1.54) is 87.5 Å². The van der Waals surface area contributed by atoms with Crippen LogP contribution in [0, 0.1) is 5.92 Å². The van der Waals surface area contributed by atoms with E-state index in [1.54, 1.807) is 0 Å². The summed E-state index contributed by atoms with van der Waals surface area (Å²) in [7, 11) is 0. The number of fused-ring (bicyclic) bond motifs is 1. The number of nitrogens with one attached hydrogen (secondary N) is 1. The van der Waals surface area contributed by atoms with Gasteiger partial charge in [-0.3, -0.25) is 0 Å². The highest BCUT2D eigenvalue weighted by molar-refractivity contribution is 5.98. The van der Waals surface area contributed by atoms with Crippen molar-refractivity contribution in [3.8, 4) is 0 Å². The van der Waals surface area contributed by atoms with Crippen molar-refractivity contribution in [3.63, 3.8) is 0 Å². The summed E-state index contributed by atoms with van der Waals surface area (Å²) in [6, 6.07) is 53.6. The van der Waals surface area contributed by atoms with Gasteiger partial charge in [-0.25, -0.2) is 0 Å². The van der Waals surface area contributed by atoms with Crippen LogP contribution in [-0.4, -0.2) is 19.1 Å². The average molecular weight is 645 g/mol. The summed E-state index contributed by atoms with van der Waals surface area (Å²) in [5, 5.41) is 6.47. The molecular weight excluding hydrogens is 595 g/mol.